The van der Waals surface area contributed by atoms with Crippen molar-refractivity contribution in [2.75, 3.05) is 5.32 Å². The zero-order valence-electron chi connectivity index (χ0n) is 14.5. The zero-order chi connectivity index (χ0) is 20.4. The Morgan fingerprint density at radius 1 is 1.18 bits per heavy atom. The van der Waals surface area contributed by atoms with Crippen LogP contribution in [-0.4, -0.2) is 26.5 Å². The van der Waals surface area contributed by atoms with E-state index in [0.29, 0.717) is 23.0 Å². The lowest BCUT2D eigenvalue weighted by atomic mass is 10.2. The van der Waals surface area contributed by atoms with E-state index in [1.54, 1.807) is 6.92 Å². The highest BCUT2D eigenvalue weighted by Crippen LogP contribution is 2.26. The number of hydrogen-bond acceptors (Lipinski definition) is 3. The molecule has 0 radical (unpaired) electrons. The first-order valence-corrected chi connectivity index (χ1v) is 8.94. The van der Waals surface area contributed by atoms with Crippen molar-refractivity contribution in [2.45, 2.75) is 13.3 Å². The first-order chi connectivity index (χ1) is 13.3. The summed E-state index contributed by atoms with van der Waals surface area (Å²) in [5.74, 6) is -2.12. The van der Waals surface area contributed by atoms with Crippen LogP contribution in [0.5, 0.6) is 0 Å². The van der Waals surface area contributed by atoms with Crippen LogP contribution in [0.25, 0.3) is 5.69 Å². The molecule has 9 heteroatoms. The minimum absolute atomic E-state index is 0.121. The van der Waals surface area contributed by atoms with Gasteiger partial charge >= 0.3 is 5.97 Å². The number of nitrogens with one attached hydrogen (secondary N) is 1. The number of hydrogen-bond donors (Lipinski definition) is 2. The van der Waals surface area contributed by atoms with Crippen LogP contribution in [0.3, 0.4) is 0 Å². The topological polar surface area (TPSA) is 84.2 Å². The monoisotopic (exact) mass is 421 g/mol. The molecule has 1 heterocycles. The van der Waals surface area contributed by atoms with Gasteiger partial charge in [-0.25, -0.2) is 14.2 Å². The van der Waals surface area contributed by atoms with Crippen LogP contribution in [0.4, 0.5) is 10.2 Å². The molecule has 0 saturated carbocycles. The third-order valence-corrected chi connectivity index (χ3v) is 4.51. The summed E-state index contributed by atoms with van der Waals surface area (Å²) >= 11 is 11.9. The molecule has 2 N–H and O–H groups in total. The average Bonchev–Trinajstić information content (AvgIpc) is 3.00. The van der Waals surface area contributed by atoms with Crippen LogP contribution in [0, 0.1) is 5.82 Å². The number of rotatable bonds is 5. The van der Waals surface area contributed by atoms with E-state index in [4.69, 9.17) is 23.2 Å². The Hall–Kier alpha value is -2.90. The molecule has 3 aromatic rings. The van der Waals surface area contributed by atoms with E-state index >= 15 is 0 Å². The number of carboxylic acid groups (broad SMARTS) is 1. The molecule has 0 spiro atoms. The summed E-state index contributed by atoms with van der Waals surface area (Å²) in [7, 11) is 0. The quantitative estimate of drug-likeness (QED) is 0.617. The summed E-state index contributed by atoms with van der Waals surface area (Å²) in [6.45, 7) is 1.79. The molecule has 0 saturated heterocycles. The average molecular weight is 422 g/mol. The van der Waals surface area contributed by atoms with Crippen LogP contribution < -0.4 is 5.32 Å². The molecule has 0 aliphatic heterocycles. The van der Waals surface area contributed by atoms with E-state index in [2.05, 4.69) is 10.3 Å². The number of aromatic carboxylic acids is 1. The van der Waals surface area contributed by atoms with Gasteiger partial charge in [0.15, 0.2) is 11.5 Å². The molecule has 1 aromatic heterocycles. The molecular weight excluding hydrogens is 408 g/mol. The summed E-state index contributed by atoms with van der Waals surface area (Å²) in [4.78, 5) is 28.7. The first-order valence-electron chi connectivity index (χ1n) is 8.19. The maximum Gasteiger partial charge on any atom is 0.356 e. The second kappa shape index (κ2) is 8.00. The summed E-state index contributed by atoms with van der Waals surface area (Å²) < 4.78 is 14.6. The van der Waals surface area contributed by atoms with Gasteiger partial charge in [0, 0.05) is 17.1 Å². The molecule has 0 aliphatic rings. The van der Waals surface area contributed by atoms with Crippen molar-refractivity contribution in [3.8, 4) is 5.69 Å². The van der Waals surface area contributed by atoms with Gasteiger partial charge in [0.05, 0.1) is 10.6 Å². The van der Waals surface area contributed by atoms with Gasteiger partial charge in [-0.05, 0) is 42.5 Å². The maximum absolute atomic E-state index is 13.3. The Morgan fingerprint density at radius 3 is 2.43 bits per heavy atom. The van der Waals surface area contributed by atoms with Crippen LogP contribution in [0.2, 0.25) is 10.0 Å². The van der Waals surface area contributed by atoms with Gasteiger partial charge in [0.1, 0.15) is 11.6 Å². The molecule has 0 atom stereocenters. The van der Waals surface area contributed by atoms with Gasteiger partial charge < -0.3 is 10.4 Å². The van der Waals surface area contributed by atoms with E-state index in [-0.39, 0.29) is 22.1 Å². The van der Waals surface area contributed by atoms with Gasteiger partial charge in [-0.15, -0.1) is 0 Å². The minimum Gasteiger partial charge on any atom is -0.476 e. The van der Waals surface area contributed by atoms with Gasteiger partial charge in [-0.2, -0.15) is 0 Å². The van der Waals surface area contributed by atoms with Crippen LogP contribution >= 0.6 is 23.2 Å². The second-order valence-corrected chi connectivity index (χ2v) is 6.62. The number of benzene rings is 2. The lowest BCUT2D eigenvalue weighted by Gasteiger charge is -2.10. The molecule has 0 unspecified atom stereocenters. The molecule has 2 aromatic carbocycles. The van der Waals surface area contributed by atoms with Gasteiger partial charge in [-0.3, -0.25) is 9.36 Å². The zero-order valence-corrected chi connectivity index (χ0v) is 16.1. The van der Waals surface area contributed by atoms with Crippen molar-refractivity contribution >= 4 is 40.9 Å². The molecule has 0 aliphatic carbocycles. The van der Waals surface area contributed by atoms with E-state index in [9.17, 15) is 19.1 Å². The van der Waals surface area contributed by atoms with Crippen molar-refractivity contribution in [2.24, 2.45) is 0 Å². The number of aromatic nitrogens is 2. The highest BCUT2D eigenvalue weighted by molar-refractivity contribution is 6.37. The molecular formula is C19H14Cl2FN3O3. The number of nitrogens with zero attached hydrogens (tertiary/aromatic N) is 2. The standard InChI is InChI=1S/C19H14Cl2FN3O3/c1-2-15-23-17(24-18(26)13-8-3-10(20)9-14(13)21)16(19(27)28)25(15)12-6-4-11(22)5-7-12/h3-9H,2H2,1H3,(H,24,26)(H,27,28). The third kappa shape index (κ3) is 3.85. The number of carbonyl (C=O) groups excluding carboxylic acids is 1. The minimum atomic E-state index is -1.30. The van der Waals surface area contributed by atoms with Crippen molar-refractivity contribution < 1.29 is 19.1 Å². The largest absolute Gasteiger partial charge is 0.476 e. The SMILES string of the molecule is CCc1nc(NC(=O)c2ccc(Cl)cc2Cl)c(C(=O)O)n1-c1ccc(F)cc1. The van der Waals surface area contributed by atoms with E-state index in [0.717, 1.165) is 0 Å². The lowest BCUT2D eigenvalue weighted by Crippen LogP contribution is -2.16. The molecule has 1 amide bonds. The smallest absolute Gasteiger partial charge is 0.356 e. The first kappa shape index (κ1) is 19.9. The normalized spacial score (nSPS) is 10.7. The molecule has 28 heavy (non-hydrogen) atoms. The molecule has 3 rings (SSSR count). The predicted octanol–water partition coefficient (Wildman–Crippen LogP) is 4.83. The Balaban J connectivity index is 2.07. The van der Waals surface area contributed by atoms with E-state index in [1.165, 1.54) is 47.0 Å². The van der Waals surface area contributed by atoms with Crippen molar-refractivity contribution in [3.63, 3.8) is 0 Å². The van der Waals surface area contributed by atoms with E-state index < -0.39 is 17.7 Å². The highest BCUT2D eigenvalue weighted by Gasteiger charge is 2.25. The fourth-order valence-corrected chi connectivity index (χ4v) is 3.20. The summed E-state index contributed by atoms with van der Waals surface area (Å²) in [5, 5.41) is 12.7. The number of halogens is 3. The fraction of sp³-hybridized carbons (Fsp3) is 0.105. The van der Waals surface area contributed by atoms with Crippen LogP contribution in [0.1, 0.15) is 33.6 Å². The van der Waals surface area contributed by atoms with Crippen molar-refractivity contribution in [3.05, 3.63) is 75.4 Å². The Kier molecular flexibility index (Phi) is 5.67. The second-order valence-electron chi connectivity index (χ2n) is 5.77. The lowest BCUT2D eigenvalue weighted by molar-refractivity contribution is 0.0689. The van der Waals surface area contributed by atoms with Gasteiger partial charge in [0.25, 0.3) is 5.91 Å². The summed E-state index contributed by atoms with van der Waals surface area (Å²) in [6.07, 6.45) is 0.384. The van der Waals surface area contributed by atoms with Crippen LogP contribution in [0.15, 0.2) is 42.5 Å². The number of carboxylic acids is 1. The third-order valence-electron chi connectivity index (χ3n) is 3.96. The Bertz CT molecular complexity index is 1070. The molecule has 6 nitrogen and oxygen atoms in total. The van der Waals surface area contributed by atoms with Gasteiger partial charge in [-0.1, -0.05) is 30.1 Å². The van der Waals surface area contributed by atoms with Gasteiger partial charge in [0.2, 0.25) is 0 Å². The van der Waals surface area contributed by atoms with Crippen molar-refractivity contribution in [1.29, 1.82) is 0 Å². The Morgan fingerprint density at radius 2 is 1.86 bits per heavy atom. The number of carbonyl (C=O) groups is 2. The number of amides is 1. The maximum atomic E-state index is 13.3. The van der Waals surface area contributed by atoms with Crippen LogP contribution in [-0.2, 0) is 6.42 Å². The Labute approximate surface area is 169 Å². The summed E-state index contributed by atoms with van der Waals surface area (Å²) in [5.41, 5.74) is 0.284. The summed E-state index contributed by atoms with van der Waals surface area (Å²) in [6, 6.07) is 9.63. The molecule has 0 fully saturated rings. The number of imidazole rings is 1. The molecule has 0 bridgehead atoms. The fourth-order valence-electron chi connectivity index (χ4n) is 2.70. The number of aryl methyl sites for hydroxylation is 1. The van der Waals surface area contributed by atoms with Crippen molar-refractivity contribution in [1.82, 2.24) is 9.55 Å². The van der Waals surface area contributed by atoms with E-state index in [1.807, 2.05) is 0 Å². The molecule has 144 valence electrons. The predicted molar refractivity (Wildman–Crippen MR) is 104 cm³/mol. The number of anilines is 1. The highest BCUT2D eigenvalue weighted by atomic mass is 35.5.